The van der Waals surface area contributed by atoms with Crippen molar-refractivity contribution in [2.75, 3.05) is 5.75 Å². The van der Waals surface area contributed by atoms with Crippen molar-refractivity contribution in [3.63, 3.8) is 0 Å². The van der Waals surface area contributed by atoms with Gasteiger partial charge in [0, 0.05) is 11.8 Å². The number of nitrogens with one attached hydrogen (secondary N) is 1. The van der Waals surface area contributed by atoms with E-state index in [1.54, 1.807) is 0 Å². The average Bonchev–Trinajstić information content (AvgIpc) is 2.70. The zero-order valence-electron chi connectivity index (χ0n) is 8.47. The topological polar surface area (TPSA) is 12.0 Å². The second-order valence-corrected chi connectivity index (χ2v) is 5.65. The molecule has 0 radical (unpaired) electrons. The fourth-order valence-electron chi connectivity index (χ4n) is 1.63. The van der Waals surface area contributed by atoms with Crippen LogP contribution in [0.25, 0.3) is 0 Å². The zero-order chi connectivity index (χ0) is 10.8. The van der Waals surface area contributed by atoms with Gasteiger partial charge in [-0.15, -0.1) is 11.8 Å². The molecule has 1 fully saturated rings. The molecule has 1 aliphatic rings. The van der Waals surface area contributed by atoms with Crippen molar-refractivity contribution in [2.24, 2.45) is 0 Å². The number of rotatable bonds is 2. The van der Waals surface area contributed by atoms with Crippen LogP contribution in [0.3, 0.4) is 0 Å². The molecule has 4 heteroatoms. The molecular weight excluding hydrogens is 277 g/mol. The molecule has 1 N–H and O–H groups in total. The van der Waals surface area contributed by atoms with Crippen LogP contribution in [0.2, 0.25) is 0 Å². The van der Waals surface area contributed by atoms with Crippen molar-refractivity contribution in [3.05, 3.63) is 34.1 Å². The minimum Gasteiger partial charge on any atom is -0.298 e. The summed E-state index contributed by atoms with van der Waals surface area (Å²) in [5.41, 5.74) is 1.14. The Bertz CT molecular complexity index is 358. The summed E-state index contributed by atoms with van der Waals surface area (Å²) in [6, 6.07) is 5.81. The largest absolute Gasteiger partial charge is 0.298 e. The van der Waals surface area contributed by atoms with Gasteiger partial charge in [-0.1, -0.05) is 13.0 Å². The summed E-state index contributed by atoms with van der Waals surface area (Å²) in [6.45, 7) is 2.18. The fraction of sp³-hybridized carbons (Fsp3) is 0.455. The summed E-state index contributed by atoms with van der Waals surface area (Å²) >= 11 is 5.10. The van der Waals surface area contributed by atoms with Gasteiger partial charge >= 0.3 is 0 Å². The molecule has 1 aromatic carbocycles. The highest BCUT2D eigenvalue weighted by Crippen LogP contribution is 2.34. The summed E-state index contributed by atoms with van der Waals surface area (Å²) < 4.78 is 13.6. The van der Waals surface area contributed by atoms with Gasteiger partial charge in [-0.3, -0.25) is 5.32 Å². The van der Waals surface area contributed by atoms with Crippen molar-refractivity contribution < 1.29 is 4.39 Å². The lowest BCUT2D eigenvalue weighted by molar-refractivity contribution is 0.560. The Hall–Kier alpha value is -0.0600. The van der Waals surface area contributed by atoms with Gasteiger partial charge in [0.15, 0.2) is 0 Å². The molecule has 2 unspecified atom stereocenters. The number of halogens is 2. The summed E-state index contributed by atoms with van der Waals surface area (Å²) in [6.07, 6.45) is 1.14. The Kier molecular flexibility index (Phi) is 3.69. The van der Waals surface area contributed by atoms with E-state index in [2.05, 4.69) is 28.2 Å². The molecule has 1 saturated heterocycles. The van der Waals surface area contributed by atoms with Gasteiger partial charge in [0.1, 0.15) is 5.82 Å². The van der Waals surface area contributed by atoms with E-state index in [9.17, 15) is 4.39 Å². The normalized spacial score (nSPS) is 25.8. The molecule has 1 aromatic rings. The van der Waals surface area contributed by atoms with Crippen molar-refractivity contribution in [2.45, 2.75) is 24.8 Å². The van der Waals surface area contributed by atoms with E-state index in [1.165, 1.54) is 6.07 Å². The van der Waals surface area contributed by atoms with Gasteiger partial charge in [0.2, 0.25) is 0 Å². The van der Waals surface area contributed by atoms with Crippen LogP contribution in [0.15, 0.2) is 22.7 Å². The van der Waals surface area contributed by atoms with E-state index >= 15 is 0 Å². The fourth-order valence-corrected chi connectivity index (χ4v) is 3.41. The van der Waals surface area contributed by atoms with Crippen LogP contribution < -0.4 is 5.32 Å². The first-order valence-electron chi connectivity index (χ1n) is 5.03. The molecule has 0 spiro atoms. The predicted molar refractivity (Wildman–Crippen MR) is 66.5 cm³/mol. The van der Waals surface area contributed by atoms with Gasteiger partial charge in [-0.25, -0.2) is 4.39 Å². The summed E-state index contributed by atoms with van der Waals surface area (Å²) in [4.78, 5) is 0. The van der Waals surface area contributed by atoms with Crippen molar-refractivity contribution in [1.29, 1.82) is 0 Å². The molecule has 15 heavy (non-hydrogen) atoms. The molecule has 82 valence electrons. The molecule has 2 rings (SSSR count). The molecule has 2 atom stereocenters. The zero-order valence-corrected chi connectivity index (χ0v) is 10.9. The van der Waals surface area contributed by atoms with Gasteiger partial charge in [0.05, 0.1) is 9.85 Å². The minimum absolute atomic E-state index is 0.200. The third kappa shape index (κ3) is 2.55. The third-order valence-electron chi connectivity index (χ3n) is 2.59. The Morgan fingerprint density at radius 2 is 2.40 bits per heavy atom. The van der Waals surface area contributed by atoms with Crippen LogP contribution in [0.4, 0.5) is 4.39 Å². The van der Waals surface area contributed by atoms with Crippen LogP contribution in [0.1, 0.15) is 24.3 Å². The van der Waals surface area contributed by atoms with Crippen molar-refractivity contribution >= 4 is 27.7 Å². The lowest BCUT2D eigenvalue weighted by Gasteiger charge is -2.12. The molecule has 0 aliphatic carbocycles. The minimum atomic E-state index is -0.200. The summed E-state index contributed by atoms with van der Waals surface area (Å²) in [5, 5.41) is 3.84. The predicted octanol–water partition coefficient (Wildman–Crippen LogP) is 3.70. The summed E-state index contributed by atoms with van der Waals surface area (Å²) in [7, 11) is 0. The summed E-state index contributed by atoms with van der Waals surface area (Å²) in [5.74, 6) is 0.935. The molecule has 0 bridgehead atoms. The monoisotopic (exact) mass is 289 g/mol. The van der Waals surface area contributed by atoms with Crippen molar-refractivity contribution in [1.82, 2.24) is 5.32 Å². The van der Waals surface area contributed by atoms with Crippen LogP contribution in [0, 0.1) is 5.82 Å². The smallest absolute Gasteiger partial charge is 0.137 e. The number of hydrogen-bond acceptors (Lipinski definition) is 2. The van der Waals surface area contributed by atoms with E-state index < -0.39 is 0 Å². The molecule has 0 amide bonds. The third-order valence-corrected chi connectivity index (χ3v) is 4.53. The van der Waals surface area contributed by atoms with E-state index in [1.807, 2.05) is 23.9 Å². The van der Waals surface area contributed by atoms with E-state index in [4.69, 9.17) is 0 Å². The van der Waals surface area contributed by atoms with Gasteiger partial charge in [-0.2, -0.15) is 0 Å². The standard InChI is InChI=1S/C11H13BrFNS/c1-2-8-6-15-11(14-8)7-3-4-10(13)9(12)5-7/h3-5,8,11,14H,2,6H2,1H3. The van der Waals surface area contributed by atoms with E-state index in [-0.39, 0.29) is 5.82 Å². The Balaban J connectivity index is 2.13. The highest BCUT2D eigenvalue weighted by atomic mass is 79.9. The second-order valence-electron chi connectivity index (χ2n) is 3.66. The Morgan fingerprint density at radius 3 is 3.00 bits per heavy atom. The SMILES string of the molecule is CCC1CSC(c2ccc(F)c(Br)c2)N1. The first kappa shape index (κ1) is 11.4. The maximum atomic E-state index is 13.1. The molecular formula is C11H13BrFNS. The van der Waals surface area contributed by atoms with E-state index in [0.717, 1.165) is 17.7 Å². The van der Waals surface area contributed by atoms with Crippen LogP contribution >= 0.6 is 27.7 Å². The van der Waals surface area contributed by atoms with Gasteiger partial charge in [-0.05, 0) is 40.0 Å². The quantitative estimate of drug-likeness (QED) is 0.891. The molecule has 0 saturated carbocycles. The molecule has 1 nitrogen and oxygen atoms in total. The lowest BCUT2D eigenvalue weighted by atomic mass is 10.2. The first-order chi connectivity index (χ1) is 7.20. The lowest BCUT2D eigenvalue weighted by Crippen LogP contribution is -2.24. The van der Waals surface area contributed by atoms with Crippen LogP contribution in [-0.4, -0.2) is 11.8 Å². The van der Waals surface area contributed by atoms with Crippen LogP contribution in [-0.2, 0) is 0 Å². The molecule has 1 heterocycles. The molecule has 0 aromatic heterocycles. The number of benzene rings is 1. The second kappa shape index (κ2) is 4.85. The van der Waals surface area contributed by atoms with Gasteiger partial charge in [0.25, 0.3) is 0 Å². The van der Waals surface area contributed by atoms with E-state index in [0.29, 0.717) is 15.9 Å². The number of thioether (sulfide) groups is 1. The van der Waals surface area contributed by atoms with Crippen molar-refractivity contribution in [3.8, 4) is 0 Å². The van der Waals surface area contributed by atoms with Crippen LogP contribution in [0.5, 0.6) is 0 Å². The molecule has 1 aliphatic heterocycles. The Labute approximate surface area is 102 Å². The maximum Gasteiger partial charge on any atom is 0.137 e. The highest BCUT2D eigenvalue weighted by molar-refractivity contribution is 9.10. The highest BCUT2D eigenvalue weighted by Gasteiger charge is 2.24. The maximum absolute atomic E-state index is 13.1. The average molecular weight is 290 g/mol. The Morgan fingerprint density at radius 1 is 1.60 bits per heavy atom. The first-order valence-corrected chi connectivity index (χ1v) is 6.87. The number of hydrogen-bond donors (Lipinski definition) is 1. The van der Waals surface area contributed by atoms with Gasteiger partial charge < -0.3 is 0 Å².